The molecule has 1 N–H and O–H groups in total. The second-order valence-corrected chi connectivity index (χ2v) is 8.04. The van der Waals surface area contributed by atoms with E-state index in [9.17, 15) is 4.79 Å². The number of fused-ring (bicyclic) bond motifs is 1. The summed E-state index contributed by atoms with van der Waals surface area (Å²) in [5.74, 6) is 0.742. The summed E-state index contributed by atoms with van der Waals surface area (Å²) in [7, 11) is 0. The van der Waals surface area contributed by atoms with Crippen LogP contribution < -0.4 is 10.2 Å². The van der Waals surface area contributed by atoms with Gasteiger partial charge >= 0.3 is 0 Å². The van der Waals surface area contributed by atoms with Crippen LogP contribution in [0.4, 0.5) is 17.2 Å². The van der Waals surface area contributed by atoms with Crippen LogP contribution in [0.25, 0.3) is 0 Å². The van der Waals surface area contributed by atoms with E-state index in [1.165, 1.54) is 29.7 Å². The van der Waals surface area contributed by atoms with Gasteiger partial charge in [0.1, 0.15) is 5.82 Å². The number of carbonyl (C=O) groups excluding carboxylic acids is 1. The third-order valence-electron chi connectivity index (χ3n) is 6.04. The van der Waals surface area contributed by atoms with Gasteiger partial charge in [0.25, 0.3) is 5.91 Å². The van der Waals surface area contributed by atoms with E-state index in [-0.39, 0.29) is 5.91 Å². The molecule has 1 amide bonds. The molecule has 5 nitrogen and oxygen atoms in total. The van der Waals surface area contributed by atoms with Gasteiger partial charge in [0.05, 0.1) is 0 Å². The molecule has 0 unspecified atom stereocenters. The van der Waals surface area contributed by atoms with Gasteiger partial charge in [0, 0.05) is 49.3 Å². The lowest BCUT2D eigenvalue weighted by atomic mass is 9.99. The van der Waals surface area contributed by atoms with Gasteiger partial charge in [-0.05, 0) is 66.8 Å². The molecule has 0 aliphatic carbocycles. The highest BCUT2D eigenvalue weighted by Gasteiger charge is 2.22. The van der Waals surface area contributed by atoms with Crippen LogP contribution in [0.5, 0.6) is 0 Å². The fraction of sp³-hybridized carbons (Fsp3) is 0.280. The summed E-state index contributed by atoms with van der Waals surface area (Å²) in [6, 6.07) is 20.5. The topological polar surface area (TPSA) is 48.5 Å². The van der Waals surface area contributed by atoms with Crippen molar-refractivity contribution in [1.82, 2.24) is 9.88 Å². The van der Waals surface area contributed by atoms with Crippen LogP contribution in [0.2, 0.25) is 0 Å². The van der Waals surface area contributed by atoms with Gasteiger partial charge in [-0.2, -0.15) is 0 Å². The van der Waals surface area contributed by atoms with Gasteiger partial charge in [-0.25, -0.2) is 4.98 Å². The van der Waals surface area contributed by atoms with Gasteiger partial charge in [-0.1, -0.05) is 24.3 Å². The van der Waals surface area contributed by atoms with Crippen LogP contribution in [0.1, 0.15) is 34.3 Å². The number of anilines is 3. The van der Waals surface area contributed by atoms with Crippen LogP contribution >= 0.6 is 0 Å². The Labute approximate surface area is 177 Å². The molecule has 1 fully saturated rings. The summed E-state index contributed by atoms with van der Waals surface area (Å²) in [5.41, 5.74) is 5.49. The van der Waals surface area contributed by atoms with Crippen LogP contribution in [0.15, 0.2) is 66.9 Å². The van der Waals surface area contributed by atoms with E-state index in [2.05, 4.69) is 57.7 Å². The largest absolute Gasteiger partial charge is 0.372 e. The molecule has 30 heavy (non-hydrogen) atoms. The molecule has 3 aromatic rings. The van der Waals surface area contributed by atoms with Crippen molar-refractivity contribution in [2.24, 2.45) is 0 Å². The Balaban J connectivity index is 1.28. The first-order chi connectivity index (χ1) is 14.8. The van der Waals surface area contributed by atoms with Crippen molar-refractivity contribution in [3.63, 3.8) is 0 Å². The average Bonchev–Trinajstić information content (AvgIpc) is 3.34. The van der Waals surface area contributed by atoms with E-state index in [4.69, 9.17) is 0 Å². The molecule has 2 aromatic carbocycles. The third kappa shape index (κ3) is 3.88. The lowest BCUT2D eigenvalue weighted by molar-refractivity contribution is 0.0734. The average molecular weight is 399 g/mol. The molecule has 5 rings (SSSR count). The first-order valence-corrected chi connectivity index (χ1v) is 10.7. The maximum Gasteiger partial charge on any atom is 0.254 e. The highest BCUT2D eigenvalue weighted by atomic mass is 16.2. The van der Waals surface area contributed by atoms with Crippen molar-refractivity contribution >= 4 is 23.1 Å². The molecule has 2 aliphatic heterocycles. The molecule has 3 heterocycles. The summed E-state index contributed by atoms with van der Waals surface area (Å²) in [4.78, 5) is 21.8. The molecule has 152 valence electrons. The minimum absolute atomic E-state index is 0.0549. The predicted octanol–water partition coefficient (Wildman–Crippen LogP) is 4.62. The number of nitrogens with one attached hydrogen (secondary N) is 1. The number of hydrogen-bond acceptors (Lipinski definition) is 4. The lowest BCUT2D eigenvalue weighted by Crippen LogP contribution is -2.35. The van der Waals surface area contributed by atoms with Crippen molar-refractivity contribution in [2.45, 2.75) is 25.8 Å². The zero-order valence-corrected chi connectivity index (χ0v) is 17.1. The first kappa shape index (κ1) is 18.7. The van der Waals surface area contributed by atoms with Crippen molar-refractivity contribution in [3.8, 4) is 0 Å². The smallest absolute Gasteiger partial charge is 0.254 e. The van der Waals surface area contributed by atoms with Crippen molar-refractivity contribution in [3.05, 3.63) is 83.6 Å². The number of pyridine rings is 1. The van der Waals surface area contributed by atoms with E-state index in [1.807, 2.05) is 17.0 Å². The Hall–Kier alpha value is -3.34. The second-order valence-electron chi connectivity index (χ2n) is 8.04. The molecule has 5 heteroatoms. The Bertz CT molecular complexity index is 1040. The summed E-state index contributed by atoms with van der Waals surface area (Å²) in [6.45, 7) is 3.69. The summed E-state index contributed by atoms with van der Waals surface area (Å²) >= 11 is 0. The third-order valence-corrected chi connectivity index (χ3v) is 6.04. The Morgan fingerprint density at radius 1 is 0.900 bits per heavy atom. The lowest BCUT2D eigenvalue weighted by Gasteiger charge is -2.29. The molecular weight excluding hydrogens is 372 g/mol. The van der Waals surface area contributed by atoms with Crippen LogP contribution in [0.3, 0.4) is 0 Å². The summed E-state index contributed by atoms with van der Waals surface area (Å²) in [6.07, 6.45) is 5.15. The normalized spacial score (nSPS) is 15.7. The SMILES string of the molecule is O=C(c1ccnc(Nc2ccc(N3CCCC3)cc2)c1)N1CCc2ccccc2C1. The number of hydrogen-bond donors (Lipinski definition) is 1. The molecule has 2 aliphatic rings. The number of carbonyl (C=O) groups is 1. The molecule has 0 saturated carbocycles. The van der Waals surface area contributed by atoms with Gasteiger partial charge in [-0.3, -0.25) is 4.79 Å². The number of amides is 1. The molecule has 0 radical (unpaired) electrons. The summed E-state index contributed by atoms with van der Waals surface area (Å²) in [5, 5.41) is 3.34. The van der Waals surface area contributed by atoms with E-state index in [0.717, 1.165) is 31.7 Å². The Kier molecular flexibility index (Phi) is 5.10. The minimum atomic E-state index is 0.0549. The minimum Gasteiger partial charge on any atom is -0.372 e. The van der Waals surface area contributed by atoms with Gasteiger partial charge in [0.2, 0.25) is 0 Å². The number of benzene rings is 2. The fourth-order valence-corrected chi connectivity index (χ4v) is 4.36. The van der Waals surface area contributed by atoms with E-state index >= 15 is 0 Å². The monoisotopic (exact) mass is 398 g/mol. The number of aromatic nitrogens is 1. The van der Waals surface area contributed by atoms with E-state index in [0.29, 0.717) is 17.9 Å². The van der Waals surface area contributed by atoms with Crippen molar-refractivity contribution in [1.29, 1.82) is 0 Å². The highest BCUT2D eigenvalue weighted by molar-refractivity contribution is 5.95. The fourth-order valence-electron chi connectivity index (χ4n) is 4.36. The van der Waals surface area contributed by atoms with Gasteiger partial charge in [0.15, 0.2) is 0 Å². The van der Waals surface area contributed by atoms with Crippen LogP contribution in [-0.4, -0.2) is 35.4 Å². The number of nitrogens with zero attached hydrogens (tertiary/aromatic N) is 3. The molecule has 0 bridgehead atoms. The second kappa shape index (κ2) is 8.19. The molecule has 1 aromatic heterocycles. The van der Waals surface area contributed by atoms with Crippen molar-refractivity contribution in [2.75, 3.05) is 29.9 Å². The van der Waals surface area contributed by atoms with Crippen molar-refractivity contribution < 1.29 is 4.79 Å². The molecular formula is C25H26N4O. The molecule has 0 atom stereocenters. The highest BCUT2D eigenvalue weighted by Crippen LogP contribution is 2.24. The molecule has 1 saturated heterocycles. The quantitative estimate of drug-likeness (QED) is 0.696. The van der Waals surface area contributed by atoms with Crippen LogP contribution in [0, 0.1) is 0 Å². The number of rotatable bonds is 4. The molecule has 0 spiro atoms. The zero-order valence-electron chi connectivity index (χ0n) is 17.1. The summed E-state index contributed by atoms with van der Waals surface area (Å²) < 4.78 is 0. The first-order valence-electron chi connectivity index (χ1n) is 10.7. The van der Waals surface area contributed by atoms with Gasteiger partial charge in [-0.15, -0.1) is 0 Å². The van der Waals surface area contributed by atoms with Gasteiger partial charge < -0.3 is 15.1 Å². The Morgan fingerprint density at radius 2 is 1.67 bits per heavy atom. The predicted molar refractivity (Wildman–Crippen MR) is 120 cm³/mol. The zero-order chi connectivity index (χ0) is 20.3. The maximum atomic E-state index is 13.1. The standard InChI is InChI=1S/C25H26N4O/c30-25(29-16-12-19-5-1-2-6-21(19)18-29)20-11-13-26-24(17-20)27-22-7-9-23(10-8-22)28-14-3-4-15-28/h1-2,5-11,13,17H,3-4,12,14-16,18H2,(H,26,27). The Morgan fingerprint density at radius 3 is 2.47 bits per heavy atom. The van der Waals surface area contributed by atoms with Crippen LogP contribution in [-0.2, 0) is 13.0 Å². The maximum absolute atomic E-state index is 13.1. The van der Waals surface area contributed by atoms with E-state index in [1.54, 1.807) is 12.3 Å². The van der Waals surface area contributed by atoms with E-state index < -0.39 is 0 Å².